The minimum absolute atomic E-state index is 0.0601. The Bertz CT molecular complexity index is 1390. The van der Waals surface area contributed by atoms with Gasteiger partial charge < -0.3 is 9.84 Å². The first kappa shape index (κ1) is 19.4. The van der Waals surface area contributed by atoms with E-state index in [0.29, 0.717) is 33.5 Å². The number of aliphatic hydroxyl groups is 1. The average Bonchev–Trinajstić information content (AvgIpc) is 3.25. The molecule has 0 amide bonds. The molecule has 7 nitrogen and oxygen atoms in total. The standard InChI is InChI=1S/C23H18ClN5O2/c1-14-22-27-28-23(29(22)20-8-3-2-6-18(20)26-14)16-12-15(9-10-17(16)24)31-13-21(30)19-7-4-5-11-25-19/h2-12,21,30H,13H2,1H3. The lowest BCUT2D eigenvalue weighted by molar-refractivity contribution is 0.104. The van der Waals surface area contributed by atoms with Crippen LogP contribution in [0.25, 0.3) is 28.1 Å². The van der Waals surface area contributed by atoms with Crippen molar-refractivity contribution >= 4 is 28.3 Å². The van der Waals surface area contributed by atoms with Crippen LogP contribution >= 0.6 is 11.6 Å². The Kier molecular flexibility index (Phi) is 4.97. The van der Waals surface area contributed by atoms with Crippen molar-refractivity contribution in [2.75, 3.05) is 6.61 Å². The van der Waals surface area contributed by atoms with Gasteiger partial charge in [0.2, 0.25) is 0 Å². The fourth-order valence-corrected chi connectivity index (χ4v) is 3.70. The summed E-state index contributed by atoms with van der Waals surface area (Å²) in [7, 11) is 0. The fourth-order valence-electron chi connectivity index (χ4n) is 3.50. The second-order valence-electron chi connectivity index (χ2n) is 7.09. The molecule has 5 rings (SSSR count). The number of aromatic nitrogens is 5. The normalized spacial score (nSPS) is 12.4. The summed E-state index contributed by atoms with van der Waals surface area (Å²) in [5, 5.41) is 19.6. The van der Waals surface area contributed by atoms with Crippen LogP contribution in [0.15, 0.2) is 66.9 Å². The third-order valence-electron chi connectivity index (χ3n) is 5.01. The number of hydrogen-bond acceptors (Lipinski definition) is 6. The molecule has 0 aliphatic carbocycles. The molecule has 2 aromatic carbocycles. The summed E-state index contributed by atoms with van der Waals surface area (Å²) in [6.07, 6.45) is 0.795. The summed E-state index contributed by atoms with van der Waals surface area (Å²) in [6, 6.07) is 18.5. The molecule has 1 unspecified atom stereocenters. The number of rotatable bonds is 5. The van der Waals surface area contributed by atoms with Gasteiger partial charge in [-0.1, -0.05) is 29.8 Å². The van der Waals surface area contributed by atoms with Crippen LogP contribution in [0.2, 0.25) is 5.02 Å². The van der Waals surface area contributed by atoms with Gasteiger partial charge in [-0.2, -0.15) is 0 Å². The molecule has 31 heavy (non-hydrogen) atoms. The van der Waals surface area contributed by atoms with Crippen LogP contribution < -0.4 is 4.74 Å². The third kappa shape index (κ3) is 3.58. The van der Waals surface area contributed by atoms with Crippen molar-refractivity contribution in [2.24, 2.45) is 0 Å². The van der Waals surface area contributed by atoms with Crippen molar-refractivity contribution in [1.82, 2.24) is 24.6 Å². The van der Waals surface area contributed by atoms with E-state index >= 15 is 0 Å². The molecule has 0 spiro atoms. The van der Waals surface area contributed by atoms with Crippen molar-refractivity contribution in [3.63, 3.8) is 0 Å². The number of aryl methyl sites for hydroxylation is 1. The van der Waals surface area contributed by atoms with Gasteiger partial charge in [-0.25, -0.2) is 4.98 Å². The second kappa shape index (κ2) is 7.94. The number of aliphatic hydroxyl groups excluding tert-OH is 1. The van der Waals surface area contributed by atoms with Crippen LogP contribution in [-0.4, -0.2) is 36.3 Å². The summed E-state index contributed by atoms with van der Waals surface area (Å²) in [6.45, 7) is 1.96. The maximum atomic E-state index is 10.3. The van der Waals surface area contributed by atoms with Gasteiger partial charge in [0, 0.05) is 11.8 Å². The van der Waals surface area contributed by atoms with Gasteiger partial charge in [0.05, 0.1) is 27.4 Å². The summed E-state index contributed by atoms with van der Waals surface area (Å²) >= 11 is 6.53. The number of benzene rings is 2. The van der Waals surface area contributed by atoms with E-state index in [1.807, 2.05) is 41.7 Å². The van der Waals surface area contributed by atoms with E-state index in [-0.39, 0.29) is 6.61 Å². The van der Waals surface area contributed by atoms with E-state index in [1.165, 1.54) is 0 Å². The van der Waals surface area contributed by atoms with Gasteiger partial charge in [0.15, 0.2) is 11.5 Å². The average molecular weight is 432 g/mol. The van der Waals surface area contributed by atoms with Crippen LogP contribution in [0.5, 0.6) is 5.75 Å². The Labute approximate surface area is 182 Å². The Morgan fingerprint density at radius 1 is 1.06 bits per heavy atom. The summed E-state index contributed by atoms with van der Waals surface area (Å²) in [5.74, 6) is 1.15. The zero-order valence-electron chi connectivity index (χ0n) is 16.6. The monoisotopic (exact) mass is 431 g/mol. The van der Waals surface area contributed by atoms with Crippen LogP contribution in [0.3, 0.4) is 0 Å². The number of fused-ring (bicyclic) bond motifs is 3. The molecule has 0 aliphatic rings. The van der Waals surface area contributed by atoms with Crippen LogP contribution in [-0.2, 0) is 0 Å². The van der Waals surface area contributed by atoms with Gasteiger partial charge >= 0.3 is 0 Å². The first-order valence-corrected chi connectivity index (χ1v) is 10.1. The molecule has 3 heterocycles. The highest BCUT2D eigenvalue weighted by Crippen LogP contribution is 2.32. The number of pyridine rings is 1. The molecule has 0 fully saturated rings. The molecule has 0 aliphatic heterocycles. The molecule has 3 aromatic heterocycles. The molecule has 5 aromatic rings. The highest BCUT2D eigenvalue weighted by atomic mass is 35.5. The predicted molar refractivity (Wildman–Crippen MR) is 118 cm³/mol. The summed E-state index contributed by atoms with van der Waals surface area (Å²) in [5.41, 5.74) is 4.40. The second-order valence-corrected chi connectivity index (χ2v) is 7.50. The minimum Gasteiger partial charge on any atom is -0.490 e. The van der Waals surface area contributed by atoms with Gasteiger partial charge in [-0.15, -0.1) is 10.2 Å². The van der Waals surface area contributed by atoms with Gasteiger partial charge in [-0.05, 0) is 49.4 Å². The van der Waals surface area contributed by atoms with Gasteiger partial charge in [0.25, 0.3) is 0 Å². The minimum atomic E-state index is -0.841. The fraction of sp³-hybridized carbons (Fsp3) is 0.130. The Balaban J connectivity index is 1.53. The van der Waals surface area contributed by atoms with Crippen LogP contribution in [0, 0.1) is 6.92 Å². The first-order chi connectivity index (χ1) is 15.1. The zero-order valence-corrected chi connectivity index (χ0v) is 17.4. The maximum Gasteiger partial charge on any atom is 0.183 e. The topological polar surface area (TPSA) is 85.4 Å². The summed E-state index contributed by atoms with van der Waals surface area (Å²) in [4.78, 5) is 8.77. The Morgan fingerprint density at radius 2 is 1.90 bits per heavy atom. The van der Waals surface area contributed by atoms with E-state index in [2.05, 4.69) is 20.2 Å². The maximum absolute atomic E-state index is 10.3. The lowest BCUT2D eigenvalue weighted by atomic mass is 10.2. The van der Waals surface area contributed by atoms with Crippen molar-refractivity contribution in [3.8, 4) is 17.1 Å². The molecule has 0 radical (unpaired) electrons. The number of hydrogen-bond donors (Lipinski definition) is 1. The van der Waals surface area contributed by atoms with E-state index in [4.69, 9.17) is 16.3 Å². The number of para-hydroxylation sites is 2. The van der Waals surface area contributed by atoms with E-state index in [1.54, 1.807) is 36.5 Å². The molecule has 1 N–H and O–H groups in total. The molecular weight excluding hydrogens is 414 g/mol. The van der Waals surface area contributed by atoms with Crippen molar-refractivity contribution in [2.45, 2.75) is 13.0 Å². The number of ether oxygens (including phenoxy) is 1. The zero-order chi connectivity index (χ0) is 21.4. The molecule has 8 heteroatoms. The van der Waals surface area contributed by atoms with Gasteiger partial charge in [0.1, 0.15) is 18.5 Å². The molecule has 0 saturated carbocycles. The smallest absolute Gasteiger partial charge is 0.183 e. The lowest BCUT2D eigenvalue weighted by Crippen LogP contribution is -2.11. The van der Waals surface area contributed by atoms with E-state index in [0.717, 1.165) is 16.7 Å². The highest BCUT2D eigenvalue weighted by molar-refractivity contribution is 6.33. The molecule has 0 saturated heterocycles. The quantitative estimate of drug-likeness (QED) is 0.443. The lowest BCUT2D eigenvalue weighted by Gasteiger charge is -2.13. The largest absolute Gasteiger partial charge is 0.490 e. The third-order valence-corrected chi connectivity index (χ3v) is 5.34. The van der Waals surface area contributed by atoms with Crippen LogP contribution in [0.4, 0.5) is 0 Å². The molecule has 0 bridgehead atoms. The van der Waals surface area contributed by atoms with Crippen molar-refractivity contribution < 1.29 is 9.84 Å². The Morgan fingerprint density at radius 3 is 2.74 bits per heavy atom. The molecular formula is C23H18ClN5O2. The number of nitrogens with zero attached hydrogens (tertiary/aromatic N) is 5. The SMILES string of the molecule is Cc1nc2ccccc2n2c(-c3cc(OCC(O)c4ccccn4)ccc3Cl)nnc12. The van der Waals surface area contributed by atoms with E-state index < -0.39 is 6.10 Å². The number of halogens is 1. The Hall–Kier alpha value is -3.55. The van der Waals surface area contributed by atoms with Gasteiger partial charge in [-0.3, -0.25) is 9.38 Å². The first-order valence-electron chi connectivity index (χ1n) is 9.74. The highest BCUT2D eigenvalue weighted by Gasteiger charge is 2.18. The van der Waals surface area contributed by atoms with Crippen molar-refractivity contribution in [3.05, 3.63) is 83.3 Å². The summed E-state index contributed by atoms with van der Waals surface area (Å²) < 4.78 is 7.77. The molecule has 1 atom stereocenters. The molecule has 154 valence electrons. The van der Waals surface area contributed by atoms with E-state index in [9.17, 15) is 5.11 Å². The van der Waals surface area contributed by atoms with Crippen molar-refractivity contribution in [1.29, 1.82) is 0 Å². The van der Waals surface area contributed by atoms with Crippen LogP contribution in [0.1, 0.15) is 17.5 Å². The predicted octanol–water partition coefficient (Wildman–Crippen LogP) is 4.41.